The lowest BCUT2D eigenvalue weighted by Gasteiger charge is -2.29. The van der Waals surface area contributed by atoms with Gasteiger partial charge in [0.25, 0.3) is 0 Å². The van der Waals surface area contributed by atoms with Crippen LogP contribution >= 0.6 is 23.2 Å². The van der Waals surface area contributed by atoms with E-state index in [0.717, 1.165) is 18.4 Å². The van der Waals surface area contributed by atoms with Gasteiger partial charge in [-0.1, -0.05) is 29.3 Å². The van der Waals surface area contributed by atoms with Crippen LogP contribution in [-0.2, 0) is 13.0 Å². The van der Waals surface area contributed by atoms with Crippen LogP contribution in [0.15, 0.2) is 28.9 Å². The fourth-order valence-electron chi connectivity index (χ4n) is 3.60. The quantitative estimate of drug-likeness (QED) is 0.419. The van der Waals surface area contributed by atoms with E-state index in [4.69, 9.17) is 39.4 Å². The zero-order valence-electron chi connectivity index (χ0n) is 18.1. The van der Waals surface area contributed by atoms with E-state index in [-0.39, 0.29) is 24.6 Å². The molecule has 174 valence electrons. The number of rotatable bonds is 6. The molecule has 9 nitrogen and oxygen atoms in total. The normalized spacial score (nSPS) is 16.1. The Morgan fingerprint density at radius 1 is 1.33 bits per heavy atom. The Labute approximate surface area is 201 Å². The number of nitrogens with two attached hydrogens (primary N) is 2. The van der Waals surface area contributed by atoms with Crippen molar-refractivity contribution in [3.63, 3.8) is 0 Å². The highest BCUT2D eigenvalue weighted by atomic mass is 35.5. The molecule has 0 saturated heterocycles. The summed E-state index contributed by atoms with van der Waals surface area (Å²) < 4.78 is 5.86. The third-order valence-corrected chi connectivity index (χ3v) is 6.11. The van der Waals surface area contributed by atoms with Gasteiger partial charge in [0.15, 0.2) is 0 Å². The summed E-state index contributed by atoms with van der Waals surface area (Å²) in [6.45, 7) is 2.91. The Kier molecular flexibility index (Phi) is 6.90. The van der Waals surface area contributed by atoms with Crippen molar-refractivity contribution in [2.75, 3.05) is 18.9 Å². The maximum absolute atomic E-state index is 12.5. The first kappa shape index (κ1) is 23.1. The Balaban J connectivity index is 1.64. The van der Waals surface area contributed by atoms with Crippen LogP contribution in [0.25, 0.3) is 11.3 Å². The zero-order chi connectivity index (χ0) is 23.5. The molecule has 2 heterocycles. The van der Waals surface area contributed by atoms with Crippen molar-refractivity contribution in [2.45, 2.75) is 38.8 Å². The van der Waals surface area contributed by atoms with Crippen molar-refractivity contribution >= 4 is 41.5 Å². The molecule has 2 aliphatic rings. The minimum Gasteiger partial charge on any atom is -0.486 e. The van der Waals surface area contributed by atoms with Crippen LogP contribution in [0.2, 0.25) is 10.0 Å². The number of ether oxygens (including phenoxy) is 1. The van der Waals surface area contributed by atoms with Crippen LogP contribution in [0.4, 0.5) is 10.7 Å². The molecule has 11 heteroatoms. The number of fused-ring (bicyclic) bond motifs is 1. The highest BCUT2D eigenvalue weighted by Gasteiger charge is 2.30. The minimum absolute atomic E-state index is 0.0815. The lowest BCUT2D eigenvalue weighted by atomic mass is 9.98. The van der Waals surface area contributed by atoms with Crippen molar-refractivity contribution in [2.24, 2.45) is 10.7 Å². The molecule has 1 aliphatic carbocycles. The molecule has 0 bridgehead atoms. The molecule has 1 aromatic carbocycles. The number of halogens is 2. The number of nitrogen functional groups attached to an aromatic ring is 1. The van der Waals surface area contributed by atoms with E-state index < -0.39 is 0 Å². The van der Waals surface area contributed by atoms with Crippen LogP contribution in [0.5, 0.6) is 5.75 Å². The third-order valence-electron chi connectivity index (χ3n) is 5.50. The second kappa shape index (κ2) is 9.84. The van der Waals surface area contributed by atoms with Gasteiger partial charge < -0.3 is 26.4 Å². The van der Waals surface area contributed by atoms with E-state index >= 15 is 0 Å². The number of amides is 2. The Hall–Kier alpha value is -3.04. The van der Waals surface area contributed by atoms with Gasteiger partial charge in [0.2, 0.25) is 5.95 Å². The monoisotopic (exact) mass is 489 g/mol. The Morgan fingerprint density at radius 3 is 2.82 bits per heavy atom. The summed E-state index contributed by atoms with van der Waals surface area (Å²) in [7, 11) is 0. The van der Waals surface area contributed by atoms with E-state index in [1.54, 1.807) is 23.1 Å². The van der Waals surface area contributed by atoms with Gasteiger partial charge in [0.05, 0.1) is 40.0 Å². The SMILES string of the molecule is C/C=C(\COc1cc(-c2nc(N)nc3c2CCN(C(=O)NC2CC2)C3)c(Cl)cc1Cl)N=CN. The second-order valence-corrected chi connectivity index (χ2v) is 8.67. The van der Waals surface area contributed by atoms with Crippen LogP contribution < -0.4 is 21.5 Å². The predicted molar refractivity (Wildman–Crippen MR) is 129 cm³/mol. The molecule has 0 unspecified atom stereocenters. The van der Waals surface area contributed by atoms with Crippen LogP contribution in [0.3, 0.4) is 0 Å². The van der Waals surface area contributed by atoms with Gasteiger partial charge in [-0.25, -0.2) is 19.8 Å². The van der Waals surface area contributed by atoms with Gasteiger partial charge >= 0.3 is 6.03 Å². The summed E-state index contributed by atoms with van der Waals surface area (Å²) in [6.07, 6.45) is 5.64. The van der Waals surface area contributed by atoms with E-state index in [1.807, 2.05) is 6.92 Å². The number of urea groups is 1. The number of carbonyl (C=O) groups is 1. The predicted octanol–water partition coefficient (Wildman–Crippen LogP) is 3.53. The number of anilines is 1. The van der Waals surface area contributed by atoms with Gasteiger partial charge in [0.1, 0.15) is 12.4 Å². The number of nitrogens with zero attached hydrogens (tertiary/aromatic N) is 4. The summed E-state index contributed by atoms with van der Waals surface area (Å²) in [4.78, 5) is 27.2. The number of hydrogen-bond acceptors (Lipinski definition) is 6. The maximum atomic E-state index is 12.5. The average Bonchev–Trinajstić information content (AvgIpc) is 3.60. The molecule has 33 heavy (non-hydrogen) atoms. The summed E-state index contributed by atoms with van der Waals surface area (Å²) >= 11 is 12.9. The van der Waals surface area contributed by atoms with Crippen molar-refractivity contribution in [1.29, 1.82) is 0 Å². The first-order valence-corrected chi connectivity index (χ1v) is 11.4. The standard InChI is InChI=1S/C22H25Cl2N7O2/c1-2-12(27-11-25)10-33-19-7-15(16(23)8-17(19)24)20-14-5-6-31(22(32)28-13-3-4-13)9-18(14)29-21(26)30-20/h2,7-8,11,13H,3-6,9-10H2,1H3,(H2,25,27)(H,28,32)(H2,26,29,30)/b12-2+. The number of aliphatic imine (C=N–C) groups is 1. The molecule has 2 aromatic rings. The van der Waals surface area contributed by atoms with E-state index in [0.29, 0.717) is 58.0 Å². The summed E-state index contributed by atoms with van der Waals surface area (Å²) in [5, 5.41) is 3.78. The van der Waals surface area contributed by atoms with Gasteiger partial charge in [-0.2, -0.15) is 0 Å². The highest BCUT2D eigenvalue weighted by molar-refractivity contribution is 6.37. The number of hydrogen-bond donors (Lipinski definition) is 3. The first-order chi connectivity index (χ1) is 15.9. The molecular formula is C22H25Cl2N7O2. The summed E-state index contributed by atoms with van der Waals surface area (Å²) in [6, 6.07) is 3.55. The largest absolute Gasteiger partial charge is 0.486 e. The molecule has 1 saturated carbocycles. The Bertz CT molecular complexity index is 1130. The second-order valence-electron chi connectivity index (χ2n) is 7.86. The lowest BCUT2D eigenvalue weighted by Crippen LogP contribution is -2.44. The zero-order valence-corrected chi connectivity index (χ0v) is 19.7. The van der Waals surface area contributed by atoms with Gasteiger partial charge in [0, 0.05) is 23.7 Å². The number of allylic oxidation sites excluding steroid dienone is 1. The fraction of sp³-hybridized carbons (Fsp3) is 0.364. The third kappa shape index (κ3) is 5.31. The molecule has 4 rings (SSSR count). The summed E-state index contributed by atoms with van der Waals surface area (Å²) in [5.41, 5.74) is 14.9. The van der Waals surface area contributed by atoms with E-state index in [1.165, 1.54) is 6.34 Å². The average molecular weight is 490 g/mol. The van der Waals surface area contributed by atoms with Gasteiger partial charge in [-0.3, -0.25) is 0 Å². The van der Waals surface area contributed by atoms with Crippen LogP contribution in [0, 0.1) is 0 Å². The van der Waals surface area contributed by atoms with Crippen molar-refractivity contribution in [1.82, 2.24) is 20.2 Å². The molecule has 5 N–H and O–H groups in total. The van der Waals surface area contributed by atoms with E-state index in [2.05, 4.69) is 20.3 Å². The molecule has 1 aliphatic heterocycles. The molecular weight excluding hydrogens is 465 g/mol. The molecule has 0 spiro atoms. The fourth-order valence-corrected chi connectivity index (χ4v) is 4.13. The van der Waals surface area contributed by atoms with Crippen molar-refractivity contribution in [3.8, 4) is 17.0 Å². The molecule has 1 fully saturated rings. The molecule has 2 amide bonds. The van der Waals surface area contributed by atoms with Crippen molar-refractivity contribution < 1.29 is 9.53 Å². The topological polar surface area (TPSA) is 132 Å². The summed E-state index contributed by atoms with van der Waals surface area (Å²) in [5.74, 6) is 0.532. The maximum Gasteiger partial charge on any atom is 0.317 e. The Morgan fingerprint density at radius 2 is 2.12 bits per heavy atom. The highest BCUT2D eigenvalue weighted by Crippen LogP contribution is 2.39. The van der Waals surface area contributed by atoms with Crippen LogP contribution in [0.1, 0.15) is 31.0 Å². The number of aromatic nitrogens is 2. The van der Waals surface area contributed by atoms with E-state index in [9.17, 15) is 4.79 Å². The lowest BCUT2D eigenvalue weighted by molar-refractivity contribution is 0.191. The first-order valence-electron chi connectivity index (χ1n) is 10.6. The van der Waals surface area contributed by atoms with Crippen LogP contribution in [-0.4, -0.2) is 46.4 Å². The van der Waals surface area contributed by atoms with Gasteiger partial charge in [-0.05, 0) is 38.3 Å². The minimum atomic E-state index is -0.0815. The van der Waals surface area contributed by atoms with Crippen molar-refractivity contribution in [3.05, 3.63) is 45.2 Å². The number of benzene rings is 1. The smallest absolute Gasteiger partial charge is 0.317 e. The number of nitrogens with one attached hydrogen (secondary N) is 1. The molecule has 0 radical (unpaired) electrons. The molecule has 1 aromatic heterocycles. The molecule has 0 atom stereocenters. The number of carbonyl (C=O) groups excluding carboxylic acids is 1. The van der Waals surface area contributed by atoms with Gasteiger partial charge in [-0.15, -0.1) is 0 Å².